The van der Waals surface area contributed by atoms with Crippen molar-refractivity contribution in [2.24, 2.45) is 5.92 Å². The fraction of sp³-hybridized carbons (Fsp3) is 0.500. The molecular formula is C14H19BrCl2N2O. The Kier molecular flexibility index (Phi) is 7.30. The molecule has 1 aromatic rings. The monoisotopic (exact) mass is 380 g/mol. The maximum Gasteiger partial charge on any atom is 0.253 e. The van der Waals surface area contributed by atoms with Crippen LogP contribution in [0.1, 0.15) is 30.1 Å². The minimum absolute atomic E-state index is 0. The Hall–Kier alpha value is -0.290. The summed E-state index contributed by atoms with van der Waals surface area (Å²) in [6.07, 6.45) is 2.32. The number of carbonyl (C=O) groups is 1. The van der Waals surface area contributed by atoms with Crippen molar-refractivity contribution in [3.8, 4) is 0 Å². The first-order valence-electron chi connectivity index (χ1n) is 6.54. The highest BCUT2D eigenvalue weighted by Gasteiger charge is 2.22. The van der Waals surface area contributed by atoms with E-state index in [9.17, 15) is 4.79 Å². The average Bonchev–Trinajstić information content (AvgIpc) is 2.42. The second-order valence-electron chi connectivity index (χ2n) is 4.99. The summed E-state index contributed by atoms with van der Waals surface area (Å²) in [7, 11) is 0. The van der Waals surface area contributed by atoms with Crippen LogP contribution in [0.4, 0.5) is 0 Å². The summed E-state index contributed by atoms with van der Waals surface area (Å²) in [6, 6.07) is 5.46. The lowest BCUT2D eigenvalue weighted by molar-refractivity contribution is 0.0922. The van der Waals surface area contributed by atoms with E-state index in [0.717, 1.165) is 24.0 Å². The van der Waals surface area contributed by atoms with Gasteiger partial charge in [-0.25, -0.2) is 0 Å². The number of nitrogens with one attached hydrogen (secondary N) is 2. The van der Waals surface area contributed by atoms with Gasteiger partial charge in [0.2, 0.25) is 0 Å². The summed E-state index contributed by atoms with van der Waals surface area (Å²) in [5.74, 6) is 0.382. The van der Waals surface area contributed by atoms with Gasteiger partial charge in [-0.1, -0.05) is 27.5 Å². The topological polar surface area (TPSA) is 41.1 Å². The number of hydrogen-bond donors (Lipinski definition) is 2. The quantitative estimate of drug-likeness (QED) is 0.838. The zero-order chi connectivity index (χ0) is 13.8. The molecule has 1 aromatic carbocycles. The summed E-state index contributed by atoms with van der Waals surface area (Å²) >= 11 is 9.43. The molecule has 0 bridgehead atoms. The van der Waals surface area contributed by atoms with E-state index in [1.54, 1.807) is 12.1 Å². The first kappa shape index (κ1) is 17.8. The van der Waals surface area contributed by atoms with Crippen molar-refractivity contribution < 1.29 is 4.79 Å². The number of halogens is 3. The Labute approximate surface area is 139 Å². The first-order valence-corrected chi connectivity index (χ1v) is 7.71. The second-order valence-corrected chi connectivity index (χ2v) is 6.32. The molecule has 2 rings (SSSR count). The molecule has 0 aliphatic carbocycles. The van der Waals surface area contributed by atoms with E-state index in [1.165, 1.54) is 6.42 Å². The van der Waals surface area contributed by atoms with Gasteiger partial charge in [-0.2, -0.15) is 0 Å². The lowest BCUT2D eigenvalue weighted by atomic mass is 9.92. The second kappa shape index (κ2) is 8.23. The van der Waals surface area contributed by atoms with Crippen LogP contribution in [0.5, 0.6) is 0 Å². The van der Waals surface area contributed by atoms with Crippen molar-refractivity contribution >= 4 is 45.8 Å². The van der Waals surface area contributed by atoms with Crippen LogP contribution in [-0.2, 0) is 0 Å². The molecule has 1 saturated heterocycles. The van der Waals surface area contributed by atoms with Gasteiger partial charge in [0, 0.05) is 10.5 Å². The molecule has 20 heavy (non-hydrogen) atoms. The predicted molar refractivity (Wildman–Crippen MR) is 88.9 cm³/mol. The van der Waals surface area contributed by atoms with Gasteiger partial charge in [0.15, 0.2) is 0 Å². The SMILES string of the molecule is CC(NC(=O)c1cc(Br)ccc1Cl)C1CCCNC1.Cl. The summed E-state index contributed by atoms with van der Waals surface area (Å²) in [4.78, 5) is 12.2. The minimum Gasteiger partial charge on any atom is -0.349 e. The smallest absolute Gasteiger partial charge is 0.253 e. The van der Waals surface area contributed by atoms with Crippen LogP contribution in [-0.4, -0.2) is 25.0 Å². The Morgan fingerprint density at radius 3 is 2.95 bits per heavy atom. The van der Waals surface area contributed by atoms with Gasteiger partial charge in [-0.15, -0.1) is 12.4 Å². The van der Waals surface area contributed by atoms with E-state index in [-0.39, 0.29) is 24.4 Å². The highest BCUT2D eigenvalue weighted by molar-refractivity contribution is 9.10. The third-order valence-electron chi connectivity index (χ3n) is 3.57. The number of carbonyl (C=O) groups excluding carboxylic acids is 1. The van der Waals surface area contributed by atoms with Crippen LogP contribution in [0.3, 0.4) is 0 Å². The molecule has 1 amide bonds. The lowest BCUT2D eigenvalue weighted by Crippen LogP contribution is -2.44. The molecule has 3 nitrogen and oxygen atoms in total. The molecule has 2 atom stereocenters. The lowest BCUT2D eigenvalue weighted by Gasteiger charge is -2.29. The predicted octanol–water partition coefficient (Wildman–Crippen LogP) is 3.64. The van der Waals surface area contributed by atoms with Crippen molar-refractivity contribution in [2.75, 3.05) is 13.1 Å². The highest BCUT2D eigenvalue weighted by Crippen LogP contribution is 2.22. The first-order chi connectivity index (χ1) is 9.08. The van der Waals surface area contributed by atoms with Crippen LogP contribution in [0.15, 0.2) is 22.7 Å². The molecule has 2 N–H and O–H groups in total. The fourth-order valence-electron chi connectivity index (χ4n) is 2.38. The van der Waals surface area contributed by atoms with Crippen LogP contribution < -0.4 is 10.6 Å². The van der Waals surface area contributed by atoms with E-state index in [0.29, 0.717) is 16.5 Å². The maximum absolute atomic E-state index is 12.2. The fourth-order valence-corrected chi connectivity index (χ4v) is 2.94. The Bertz CT molecular complexity index is 464. The molecule has 2 unspecified atom stereocenters. The van der Waals surface area contributed by atoms with Gasteiger partial charge in [0.05, 0.1) is 10.6 Å². The number of piperidine rings is 1. The Balaban J connectivity index is 0.00000200. The molecule has 0 aromatic heterocycles. The van der Waals surface area contributed by atoms with Gasteiger partial charge in [-0.05, 0) is 57.0 Å². The summed E-state index contributed by atoms with van der Waals surface area (Å²) < 4.78 is 0.856. The third-order valence-corrected chi connectivity index (χ3v) is 4.40. The highest BCUT2D eigenvalue weighted by atomic mass is 79.9. The van der Waals surface area contributed by atoms with E-state index in [4.69, 9.17) is 11.6 Å². The van der Waals surface area contributed by atoms with Crippen LogP contribution >= 0.6 is 39.9 Å². The summed E-state index contributed by atoms with van der Waals surface area (Å²) in [5.41, 5.74) is 0.520. The summed E-state index contributed by atoms with van der Waals surface area (Å²) in [6.45, 7) is 4.10. The van der Waals surface area contributed by atoms with Gasteiger partial charge >= 0.3 is 0 Å². The Morgan fingerprint density at radius 1 is 1.55 bits per heavy atom. The molecular weight excluding hydrogens is 363 g/mol. The minimum atomic E-state index is -0.107. The van der Waals surface area contributed by atoms with Gasteiger partial charge in [0.25, 0.3) is 5.91 Å². The molecule has 1 fully saturated rings. The summed E-state index contributed by atoms with van der Waals surface area (Å²) in [5, 5.41) is 6.90. The van der Waals surface area contributed by atoms with Gasteiger partial charge < -0.3 is 10.6 Å². The normalized spacial score (nSPS) is 19.9. The van der Waals surface area contributed by atoms with Crippen LogP contribution in [0.25, 0.3) is 0 Å². The number of amides is 1. The van der Waals surface area contributed by atoms with E-state index in [2.05, 4.69) is 33.5 Å². The van der Waals surface area contributed by atoms with Gasteiger partial charge in [-0.3, -0.25) is 4.79 Å². The zero-order valence-electron chi connectivity index (χ0n) is 11.3. The Morgan fingerprint density at radius 2 is 2.30 bits per heavy atom. The molecule has 112 valence electrons. The maximum atomic E-state index is 12.2. The largest absolute Gasteiger partial charge is 0.349 e. The molecule has 0 saturated carbocycles. The third kappa shape index (κ3) is 4.62. The average molecular weight is 382 g/mol. The molecule has 0 radical (unpaired) electrons. The number of hydrogen-bond acceptors (Lipinski definition) is 2. The molecule has 1 aliphatic heterocycles. The van der Waals surface area contributed by atoms with Gasteiger partial charge in [0.1, 0.15) is 0 Å². The molecule has 6 heteroatoms. The van der Waals surface area contributed by atoms with Crippen LogP contribution in [0, 0.1) is 5.92 Å². The molecule has 1 aliphatic rings. The van der Waals surface area contributed by atoms with Crippen molar-refractivity contribution in [3.63, 3.8) is 0 Å². The number of benzene rings is 1. The van der Waals surface area contributed by atoms with E-state index in [1.807, 2.05) is 6.07 Å². The zero-order valence-corrected chi connectivity index (χ0v) is 14.4. The molecule has 1 heterocycles. The van der Waals surface area contributed by atoms with E-state index < -0.39 is 0 Å². The standard InChI is InChI=1S/C14H18BrClN2O.ClH/c1-9(10-3-2-6-17-8-10)18-14(19)12-7-11(15)4-5-13(12)16;/h4-5,7,9-10,17H,2-3,6,8H2,1H3,(H,18,19);1H. The van der Waals surface area contributed by atoms with Crippen LogP contribution in [0.2, 0.25) is 5.02 Å². The molecule has 0 spiro atoms. The van der Waals surface area contributed by atoms with E-state index >= 15 is 0 Å². The van der Waals surface area contributed by atoms with Crippen molar-refractivity contribution in [3.05, 3.63) is 33.3 Å². The van der Waals surface area contributed by atoms with Crippen molar-refractivity contribution in [1.29, 1.82) is 0 Å². The van der Waals surface area contributed by atoms with Crippen molar-refractivity contribution in [2.45, 2.75) is 25.8 Å². The number of rotatable bonds is 3. The van der Waals surface area contributed by atoms with Crippen molar-refractivity contribution in [1.82, 2.24) is 10.6 Å².